The highest BCUT2D eigenvalue weighted by Gasteiger charge is 2.21. The van der Waals surface area contributed by atoms with Gasteiger partial charge in [0.05, 0.1) is 6.54 Å². The summed E-state index contributed by atoms with van der Waals surface area (Å²) in [7, 11) is 0. The standard InChI is InChI=1S/C29H26N8O/c1-2-3-17-24-30-26-25(19-11-5-4-6-12-19)31-34-29(38)27(26)37(24)18-20-13-7-8-14-21(20)22-15-9-10-16-23(22)28-32-35-36-33-28/h4-16H,2-3,17-18H2,1H3,(H,34,38)(H,32,33,35,36). The van der Waals surface area contributed by atoms with Crippen molar-refractivity contribution in [1.29, 1.82) is 0 Å². The Morgan fingerprint density at radius 3 is 2.34 bits per heavy atom. The summed E-state index contributed by atoms with van der Waals surface area (Å²) in [5.74, 6) is 1.40. The molecule has 6 aromatic rings. The molecule has 0 spiro atoms. The Balaban J connectivity index is 1.53. The Morgan fingerprint density at radius 2 is 1.58 bits per heavy atom. The second kappa shape index (κ2) is 10.2. The van der Waals surface area contributed by atoms with Crippen LogP contribution in [0.3, 0.4) is 0 Å². The molecule has 9 nitrogen and oxygen atoms in total. The number of aromatic amines is 2. The van der Waals surface area contributed by atoms with E-state index in [1.807, 2.05) is 65.2 Å². The SMILES string of the molecule is CCCCc1nc2c(-c3ccccc3)n[nH]c(=O)c2n1Cc1ccccc1-c1ccccc1-c1nn[nH]n1. The highest BCUT2D eigenvalue weighted by atomic mass is 16.1. The summed E-state index contributed by atoms with van der Waals surface area (Å²) in [5.41, 5.74) is 6.44. The van der Waals surface area contributed by atoms with Gasteiger partial charge in [0.2, 0.25) is 5.82 Å². The molecule has 0 unspecified atom stereocenters. The first-order valence-corrected chi connectivity index (χ1v) is 12.7. The third-order valence-corrected chi connectivity index (χ3v) is 6.71. The fourth-order valence-corrected chi connectivity index (χ4v) is 4.88. The van der Waals surface area contributed by atoms with Crippen LogP contribution in [-0.2, 0) is 13.0 Å². The summed E-state index contributed by atoms with van der Waals surface area (Å²) >= 11 is 0. The van der Waals surface area contributed by atoms with Gasteiger partial charge in [0.25, 0.3) is 5.56 Å². The predicted molar refractivity (Wildman–Crippen MR) is 146 cm³/mol. The van der Waals surface area contributed by atoms with Gasteiger partial charge in [0, 0.05) is 17.5 Å². The third-order valence-electron chi connectivity index (χ3n) is 6.71. The number of tetrazole rings is 1. The molecule has 0 bridgehead atoms. The summed E-state index contributed by atoms with van der Waals surface area (Å²) in [6.07, 6.45) is 2.76. The van der Waals surface area contributed by atoms with Crippen LogP contribution in [0.25, 0.3) is 44.8 Å². The zero-order valence-corrected chi connectivity index (χ0v) is 20.9. The van der Waals surface area contributed by atoms with Crippen molar-refractivity contribution in [1.82, 2.24) is 40.4 Å². The van der Waals surface area contributed by atoms with Crippen molar-refractivity contribution in [2.45, 2.75) is 32.7 Å². The van der Waals surface area contributed by atoms with Gasteiger partial charge in [-0.25, -0.2) is 10.1 Å². The van der Waals surface area contributed by atoms with E-state index in [4.69, 9.17) is 4.98 Å². The molecule has 3 heterocycles. The molecule has 6 rings (SSSR count). The molecular formula is C29H26N8O. The number of aryl methyl sites for hydroxylation is 1. The highest BCUT2D eigenvalue weighted by molar-refractivity contribution is 5.89. The van der Waals surface area contributed by atoms with Crippen LogP contribution in [0.5, 0.6) is 0 Å². The molecule has 0 aliphatic heterocycles. The largest absolute Gasteiger partial charge is 0.319 e. The zero-order valence-electron chi connectivity index (χ0n) is 20.9. The van der Waals surface area contributed by atoms with Crippen LogP contribution in [0.15, 0.2) is 83.7 Å². The average molecular weight is 503 g/mol. The van der Waals surface area contributed by atoms with Crippen LogP contribution < -0.4 is 5.56 Å². The number of nitrogens with zero attached hydrogens (tertiary/aromatic N) is 6. The van der Waals surface area contributed by atoms with Gasteiger partial charge in [-0.15, -0.1) is 10.2 Å². The molecule has 38 heavy (non-hydrogen) atoms. The molecule has 0 aliphatic carbocycles. The van der Waals surface area contributed by atoms with Crippen LogP contribution in [0.4, 0.5) is 0 Å². The van der Waals surface area contributed by atoms with Gasteiger partial charge in [-0.3, -0.25) is 4.79 Å². The fourth-order valence-electron chi connectivity index (χ4n) is 4.88. The number of benzene rings is 3. The summed E-state index contributed by atoms with van der Waals surface area (Å²) in [6.45, 7) is 2.63. The van der Waals surface area contributed by atoms with Gasteiger partial charge in [0.15, 0.2) is 0 Å². The number of unbranched alkanes of at least 4 members (excludes halogenated alkanes) is 1. The average Bonchev–Trinajstić information content (AvgIpc) is 3.62. The zero-order chi connectivity index (χ0) is 25.9. The van der Waals surface area contributed by atoms with Crippen molar-refractivity contribution in [3.8, 4) is 33.8 Å². The molecule has 2 N–H and O–H groups in total. The molecule has 9 heteroatoms. The van der Waals surface area contributed by atoms with Crippen molar-refractivity contribution in [2.75, 3.05) is 0 Å². The molecule has 0 amide bonds. The van der Waals surface area contributed by atoms with E-state index in [1.54, 1.807) is 0 Å². The van der Waals surface area contributed by atoms with E-state index < -0.39 is 0 Å². The molecule has 0 fully saturated rings. The highest BCUT2D eigenvalue weighted by Crippen LogP contribution is 2.33. The number of rotatable bonds is 8. The molecule has 0 saturated heterocycles. The van der Waals surface area contributed by atoms with E-state index in [9.17, 15) is 4.79 Å². The van der Waals surface area contributed by atoms with Crippen LogP contribution in [-0.4, -0.2) is 40.4 Å². The Bertz CT molecular complexity index is 1750. The second-order valence-electron chi connectivity index (χ2n) is 9.12. The summed E-state index contributed by atoms with van der Waals surface area (Å²) in [6, 6.07) is 26.0. The first-order valence-electron chi connectivity index (χ1n) is 12.7. The smallest absolute Gasteiger partial charge is 0.290 e. The maximum absolute atomic E-state index is 13.2. The maximum atomic E-state index is 13.2. The minimum Gasteiger partial charge on any atom is -0.319 e. The minimum atomic E-state index is -0.250. The van der Waals surface area contributed by atoms with Crippen molar-refractivity contribution >= 4 is 11.0 Å². The number of nitrogens with one attached hydrogen (secondary N) is 2. The molecular weight excluding hydrogens is 476 g/mol. The Kier molecular flexibility index (Phi) is 6.31. The molecule has 0 atom stereocenters. The summed E-state index contributed by atoms with van der Waals surface area (Å²) in [5, 5.41) is 21.8. The van der Waals surface area contributed by atoms with E-state index in [-0.39, 0.29) is 5.56 Å². The monoisotopic (exact) mass is 502 g/mol. The third kappa shape index (κ3) is 4.28. The molecule has 0 saturated carbocycles. The Labute approximate surface area is 218 Å². The lowest BCUT2D eigenvalue weighted by molar-refractivity contribution is 0.689. The van der Waals surface area contributed by atoms with Gasteiger partial charge in [-0.05, 0) is 28.3 Å². The first kappa shape index (κ1) is 23.5. The normalized spacial score (nSPS) is 11.3. The number of hydrogen-bond acceptors (Lipinski definition) is 6. The van der Waals surface area contributed by atoms with Crippen LogP contribution in [0, 0.1) is 0 Å². The van der Waals surface area contributed by atoms with E-state index >= 15 is 0 Å². The maximum Gasteiger partial charge on any atom is 0.290 e. The van der Waals surface area contributed by atoms with Crippen molar-refractivity contribution in [3.63, 3.8) is 0 Å². The number of hydrogen-bond donors (Lipinski definition) is 2. The lowest BCUT2D eigenvalue weighted by Crippen LogP contribution is -2.15. The van der Waals surface area contributed by atoms with Crippen LogP contribution >= 0.6 is 0 Å². The molecule has 3 aromatic carbocycles. The number of H-pyrrole nitrogens is 2. The second-order valence-corrected chi connectivity index (χ2v) is 9.12. The number of fused-ring (bicyclic) bond motifs is 1. The summed E-state index contributed by atoms with van der Waals surface area (Å²) < 4.78 is 2.05. The number of aromatic nitrogens is 8. The fraction of sp³-hybridized carbons (Fsp3) is 0.172. The topological polar surface area (TPSA) is 118 Å². The molecule has 188 valence electrons. The molecule has 0 aliphatic rings. The van der Waals surface area contributed by atoms with Gasteiger partial charge in [-0.1, -0.05) is 92.2 Å². The van der Waals surface area contributed by atoms with Gasteiger partial charge in [-0.2, -0.15) is 10.3 Å². The van der Waals surface area contributed by atoms with Gasteiger partial charge >= 0.3 is 0 Å². The lowest BCUT2D eigenvalue weighted by atomic mass is 9.95. The lowest BCUT2D eigenvalue weighted by Gasteiger charge is -2.15. The van der Waals surface area contributed by atoms with Crippen molar-refractivity contribution in [2.24, 2.45) is 0 Å². The van der Waals surface area contributed by atoms with Crippen molar-refractivity contribution < 1.29 is 0 Å². The molecule has 0 radical (unpaired) electrons. The minimum absolute atomic E-state index is 0.250. The van der Waals surface area contributed by atoms with Gasteiger partial charge in [0.1, 0.15) is 22.6 Å². The van der Waals surface area contributed by atoms with Crippen LogP contribution in [0.1, 0.15) is 31.2 Å². The van der Waals surface area contributed by atoms with Crippen molar-refractivity contribution in [3.05, 3.63) is 101 Å². The molecule has 3 aromatic heterocycles. The van der Waals surface area contributed by atoms with E-state index in [1.165, 1.54) is 0 Å². The van der Waals surface area contributed by atoms with E-state index in [0.717, 1.165) is 52.9 Å². The first-order chi connectivity index (χ1) is 18.7. The summed E-state index contributed by atoms with van der Waals surface area (Å²) in [4.78, 5) is 18.2. The quantitative estimate of drug-likeness (QED) is 0.302. The number of imidazole rings is 1. The predicted octanol–water partition coefficient (Wildman–Crippen LogP) is 5.02. The Morgan fingerprint density at radius 1 is 0.842 bits per heavy atom. The van der Waals surface area contributed by atoms with Gasteiger partial charge < -0.3 is 4.57 Å². The van der Waals surface area contributed by atoms with Crippen LogP contribution in [0.2, 0.25) is 0 Å². The van der Waals surface area contributed by atoms with E-state index in [2.05, 4.69) is 55.9 Å². The Hall–Kier alpha value is -4.92. The van der Waals surface area contributed by atoms with E-state index in [0.29, 0.717) is 29.1 Å².